The number of hydrogen-bond acceptors (Lipinski definition) is 6. The highest BCUT2D eigenvalue weighted by atomic mass is 19.4. The van der Waals surface area contributed by atoms with Crippen molar-refractivity contribution in [1.82, 2.24) is 4.98 Å². The van der Waals surface area contributed by atoms with Crippen LogP contribution in [0.3, 0.4) is 0 Å². The summed E-state index contributed by atoms with van der Waals surface area (Å²) in [5, 5.41) is 9.47. The average molecular weight is 735 g/mol. The molecule has 17 heteroatoms. The van der Waals surface area contributed by atoms with Crippen molar-refractivity contribution < 1.29 is 58.9 Å². The normalized spacial score (nSPS) is 16.8. The maximum absolute atomic E-state index is 14.1. The zero-order valence-corrected chi connectivity index (χ0v) is 28.0. The highest BCUT2D eigenvalue weighted by molar-refractivity contribution is 5.91. The molecule has 8 nitrogen and oxygen atoms in total. The van der Waals surface area contributed by atoms with Crippen molar-refractivity contribution in [3.63, 3.8) is 0 Å². The van der Waals surface area contributed by atoms with Crippen LogP contribution in [-0.4, -0.2) is 48.9 Å². The van der Waals surface area contributed by atoms with Gasteiger partial charge in [-0.25, -0.2) is 9.78 Å². The van der Waals surface area contributed by atoms with Gasteiger partial charge in [-0.3, -0.25) is 9.69 Å². The molecule has 0 unspecified atom stereocenters. The second-order valence-corrected chi connectivity index (χ2v) is 13.0. The number of hydrogen-bond donors (Lipinski definition) is 1. The molecule has 0 bridgehead atoms. The topological polar surface area (TPSA) is 86.2 Å². The number of halogens is 9. The molecule has 278 valence electrons. The van der Waals surface area contributed by atoms with Gasteiger partial charge in [0.2, 0.25) is 0 Å². The number of fused-ring (bicyclic) bond motifs is 1. The van der Waals surface area contributed by atoms with Crippen LogP contribution in [0.1, 0.15) is 67.5 Å². The molecule has 2 heterocycles. The van der Waals surface area contributed by atoms with Gasteiger partial charge in [-0.2, -0.15) is 39.5 Å². The highest BCUT2D eigenvalue weighted by Gasteiger charge is 2.43. The smallest absolute Gasteiger partial charge is 0.416 e. The van der Waals surface area contributed by atoms with Crippen LogP contribution in [0.25, 0.3) is 0 Å². The lowest BCUT2D eigenvalue weighted by Gasteiger charge is -2.45. The zero-order chi connectivity index (χ0) is 38.3. The van der Waals surface area contributed by atoms with Gasteiger partial charge < -0.3 is 19.6 Å². The molecule has 1 amide bonds. The molecule has 2 aromatic carbocycles. The Kier molecular flexibility index (Phi) is 10.8. The van der Waals surface area contributed by atoms with Crippen LogP contribution in [0.4, 0.5) is 61.5 Å². The SMILES string of the molecule is CC[C@@H]1C[C@H](N(Cc2cc(C(F)(F)F)cc(C(F)(F)F)c2)c2ccc(N(C)C)cn2)c2cc(C(F)(F)F)ccc2N1C(=O)OCC(C)(C)C(=O)O. The van der Waals surface area contributed by atoms with Crippen LogP contribution in [0.5, 0.6) is 0 Å². The Labute approximate surface area is 287 Å². The van der Waals surface area contributed by atoms with Crippen LogP contribution in [-0.2, 0) is 34.6 Å². The van der Waals surface area contributed by atoms with Gasteiger partial charge in [0.25, 0.3) is 0 Å². The van der Waals surface area contributed by atoms with Crippen molar-refractivity contribution in [3.05, 3.63) is 82.5 Å². The first kappa shape index (κ1) is 39.1. The summed E-state index contributed by atoms with van der Waals surface area (Å²) in [7, 11) is 3.39. The number of alkyl halides is 9. The van der Waals surface area contributed by atoms with Crippen molar-refractivity contribution >= 4 is 29.3 Å². The molecular formula is C34H35F9N4O4. The summed E-state index contributed by atoms with van der Waals surface area (Å²) in [6.07, 6.45) is -14.8. The van der Waals surface area contributed by atoms with E-state index in [0.29, 0.717) is 17.8 Å². The number of carboxylic acid groups (broad SMARTS) is 1. The fourth-order valence-electron chi connectivity index (χ4n) is 5.64. The van der Waals surface area contributed by atoms with E-state index in [9.17, 15) is 54.2 Å². The first-order valence-electron chi connectivity index (χ1n) is 15.5. The number of carbonyl (C=O) groups is 2. The molecule has 0 radical (unpaired) electrons. The fourth-order valence-corrected chi connectivity index (χ4v) is 5.64. The third-order valence-electron chi connectivity index (χ3n) is 8.56. The Bertz CT molecular complexity index is 1710. The maximum atomic E-state index is 14.1. The van der Waals surface area contributed by atoms with Crippen molar-refractivity contribution in [2.75, 3.05) is 35.4 Å². The molecule has 51 heavy (non-hydrogen) atoms. The molecule has 1 aliphatic heterocycles. The summed E-state index contributed by atoms with van der Waals surface area (Å²) >= 11 is 0. The fraction of sp³-hybridized carbons (Fsp3) is 0.441. The van der Waals surface area contributed by atoms with Crippen molar-refractivity contribution in [2.45, 2.75) is 70.8 Å². The molecule has 1 aromatic heterocycles. The number of aliphatic carboxylic acids is 1. The molecule has 0 spiro atoms. The van der Waals surface area contributed by atoms with Crippen LogP contribution in [0.15, 0.2) is 54.7 Å². The van der Waals surface area contributed by atoms with E-state index in [1.807, 2.05) is 0 Å². The van der Waals surface area contributed by atoms with E-state index >= 15 is 0 Å². The Hall–Kier alpha value is -4.70. The number of amides is 1. The van der Waals surface area contributed by atoms with E-state index in [0.717, 1.165) is 23.1 Å². The summed E-state index contributed by atoms with van der Waals surface area (Å²) in [6, 6.07) is 4.60. The first-order valence-corrected chi connectivity index (χ1v) is 15.5. The third kappa shape index (κ3) is 8.79. The number of nitrogens with zero attached hydrogens (tertiary/aromatic N) is 4. The minimum absolute atomic E-state index is 0.0221. The molecule has 0 aliphatic carbocycles. The quantitative estimate of drug-likeness (QED) is 0.220. The molecule has 1 N–H and O–H groups in total. The predicted molar refractivity (Wildman–Crippen MR) is 169 cm³/mol. The monoisotopic (exact) mass is 734 g/mol. The standard InChI is InChI=1S/C34H35F9N4O4/c1-6-23-15-27(25-14-20(32(35,36)37)7-9-26(25)47(23)30(50)51-18-31(2,3)29(48)49)46(28-10-8-24(16-44-28)45(4)5)17-19-11-21(33(38,39)40)13-22(12-19)34(41,42)43/h7-14,16,23,27H,6,15,17-18H2,1-5H3,(H,48,49)/t23-,27+/m1/s1. The van der Waals surface area contributed by atoms with E-state index in [-0.39, 0.29) is 36.0 Å². The van der Waals surface area contributed by atoms with Gasteiger partial charge in [0, 0.05) is 26.7 Å². The number of carbonyl (C=O) groups excluding carboxylic acids is 1. The minimum atomic E-state index is -5.16. The molecule has 4 rings (SSSR count). The largest absolute Gasteiger partial charge is 0.481 e. The Morgan fingerprint density at radius 3 is 1.94 bits per heavy atom. The second-order valence-electron chi connectivity index (χ2n) is 13.0. The van der Waals surface area contributed by atoms with Crippen LogP contribution < -0.4 is 14.7 Å². The molecule has 0 fully saturated rings. The lowest BCUT2D eigenvalue weighted by molar-refractivity contribution is -0.149. The van der Waals surface area contributed by atoms with Crippen molar-refractivity contribution in [2.24, 2.45) is 5.41 Å². The van der Waals surface area contributed by atoms with E-state index in [4.69, 9.17) is 4.74 Å². The Balaban J connectivity index is 1.94. The Morgan fingerprint density at radius 2 is 1.47 bits per heavy atom. The Morgan fingerprint density at radius 1 is 0.882 bits per heavy atom. The van der Waals surface area contributed by atoms with E-state index in [1.54, 1.807) is 32.0 Å². The van der Waals surface area contributed by atoms with Crippen LogP contribution in [0, 0.1) is 5.41 Å². The van der Waals surface area contributed by atoms with Gasteiger partial charge in [0.15, 0.2) is 0 Å². The van der Waals surface area contributed by atoms with Gasteiger partial charge in [-0.1, -0.05) is 6.92 Å². The summed E-state index contributed by atoms with van der Waals surface area (Å²) in [4.78, 5) is 33.6. The van der Waals surface area contributed by atoms with Crippen molar-refractivity contribution in [1.29, 1.82) is 0 Å². The lowest BCUT2D eigenvalue weighted by Crippen LogP contribution is -2.48. The van der Waals surface area contributed by atoms with E-state index in [1.165, 1.54) is 31.0 Å². The second kappa shape index (κ2) is 14.1. The minimum Gasteiger partial charge on any atom is -0.481 e. The number of ether oxygens (including phenoxy) is 1. The number of anilines is 3. The predicted octanol–water partition coefficient (Wildman–Crippen LogP) is 9.19. The molecule has 0 saturated carbocycles. The zero-order valence-electron chi connectivity index (χ0n) is 28.0. The van der Waals surface area contributed by atoms with Gasteiger partial charge >= 0.3 is 30.6 Å². The van der Waals surface area contributed by atoms with E-state index < -0.39 is 83.5 Å². The number of aromatic nitrogens is 1. The molecule has 3 aromatic rings. The maximum Gasteiger partial charge on any atom is 0.416 e. The van der Waals surface area contributed by atoms with Gasteiger partial charge in [-0.05, 0) is 86.3 Å². The summed E-state index contributed by atoms with van der Waals surface area (Å²) in [5.41, 5.74) is -5.87. The lowest BCUT2D eigenvalue weighted by atomic mass is 9.87. The van der Waals surface area contributed by atoms with Gasteiger partial charge in [0.1, 0.15) is 12.4 Å². The van der Waals surface area contributed by atoms with E-state index in [2.05, 4.69) is 4.98 Å². The molecule has 2 atom stereocenters. The van der Waals surface area contributed by atoms with Crippen LogP contribution in [0.2, 0.25) is 0 Å². The number of rotatable bonds is 9. The van der Waals surface area contributed by atoms with Crippen molar-refractivity contribution in [3.8, 4) is 0 Å². The third-order valence-corrected chi connectivity index (χ3v) is 8.56. The summed E-state index contributed by atoms with van der Waals surface area (Å²) in [6.45, 7) is 3.03. The summed E-state index contributed by atoms with van der Waals surface area (Å²) in [5.74, 6) is -1.25. The highest BCUT2D eigenvalue weighted by Crippen LogP contribution is 2.46. The van der Waals surface area contributed by atoms with Crippen LogP contribution >= 0.6 is 0 Å². The average Bonchev–Trinajstić information content (AvgIpc) is 3.03. The first-order chi connectivity index (χ1) is 23.4. The van der Waals surface area contributed by atoms with Gasteiger partial charge in [-0.15, -0.1) is 0 Å². The number of carboxylic acids is 1. The molecule has 1 aliphatic rings. The number of benzene rings is 2. The summed E-state index contributed by atoms with van der Waals surface area (Å²) < 4.78 is 131. The number of pyridine rings is 1. The molecule has 0 saturated heterocycles. The van der Waals surface area contributed by atoms with Gasteiger partial charge in [0.05, 0.1) is 45.7 Å². The molecular weight excluding hydrogens is 699 g/mol.